The van der Waals surface area contributed by atoms with Crippen molar-refractivity contribution in [3.05, 3.63) is 12.7 Å². The van der Waals surface area contributed by atoms with Crippen LogP contribution in [-0.4, -0.2) is 12.1 Å². The van der Waals surface area contributed by atoms with E-state index in [1.165, 1.54) is 18.9 Å². The maximum atomic E-state index is 11.2. The molecule has 0 spiro atoms. The molecule has 1 rings (SSSR count). The van der Waals surface area contributed by atoms with Crippen molar-refractivity contribution in [3.8, 4) is 0 Å². The van der Waals surface area contributed by atoms with E-state index in [0.717, 1.165) is 6.42 Å². The number of carbonyl (C=O) groups is 1. The van der Waals surface area contributed by atoms with Gasteiger partial charge < -0.3 is 4.74 Å². The van der Waals surface area contributed by atoms with Crippen molar-refractivity contribution in [2.24, 2.45) is 17.8 Å². The third-order valence-electron chi connectivity index (χ3n) is 3.40. The molecule has 0 aromatic carbocycles. The fourth-order valence-corrected chi connectivity index (χ4v) is 2.45. The second-order valence-corrected chi connectivity index (χ2v) is 5.01. The molecule has 86 valence electrons. The minimum Gasteiger partial charge on any atom is -0.459 e. The topological polar surface area (TPSA) is 26.3 Å². The summed E-state index contributed by atoms with van der Waals surface area (Å²) in [6.07, 6.45) is 4.79. The average Bonchev–Trinajstić information content (AvgIpc) is 2.17. The van der Waals surface area contributed by atoms with Crippen LogP contribution >= 0.6 is 0 Å². The van der Waals surface area contributed by atoms with E-state index in [0.29, 0.717) is 17.8 Å². The first kappa shape index (κ1) is 12.3. The van der Waals surface area contributed by atoms with Crippen molar-refractivity contribution in [1.82, 2.24) is 0 Å². The van der Waals surface area contributed by atoms with Crippen molar-refractivity contribution in [3.63, 3.8) is 0 Å². The lowest BCUT2D eigenvalue weighted by molar-refractivity contribution is -0.149. The van der Waals surface area contributed by atoms with E-state index in [4.69, 9.17) is 4.74 Å². The minimum absolute atomic E-state index is 0.0965. The summed E-state index contributed by atoms with van der Waals surface area (Å²) in [4.78, 5) is 11.2. The van der Waals surface area contributed by atoms with Gasteiger partial charge in [0.15, 0.2) is 0 Å². The van der Waals surface area contributed by atoms with Gasteiger partial charge >= 0.3 is 5.97 Å². The fraction of sp³-hybridized carbons (Fsp3) is 0.769. The summed E-state index contributed by atoms with van der Waals surface area (Å²) in [5.74, 6) is 1.49. The zero-order valence-electron chi connectivity index (χ0n) is 10.0. The summed E-state index contributed by atoms with van der Waals surface area (Å²) >= 11 is 0. The predicted octanol–water partition coefficient (Wildman–Crippen LogP) is 3.18. The van der Waals surface area contributed by atoms with Gasteiger partial charge in [0, 0.05) is 6.08 Å². The highest BCUT2D eigenvalue weighted by Gasteiger charge is 2.32. The van der Waals surface area contributed by atoms with Gasteiger partial charge in [-0.25, -0.2) is 4.79 Å². The molecule has 1 fully saturated rings. The van der Waals surface area contributed by atoms with Crippen LogP contribution in [0.1, 0.15) is 40.0 Å². The Labute approximate surface area is 92.7 Å². The highest BCUT2D eigenvalue weighted by molar-refractivity contribution is 5.81. The van der Waals surface area contributed by atoms with E-state index in [9.17, 15) is 4.79 Å². The molecule has 1 aliphatic rings. The van der Waals surface area contributed by atoms with E-state index in [2.05, 4.69) is 27.4 Å². The molecule has 0 saturated heterocycles. The molecule has 0 heterocycles. The molecule has 0 aromatic rings. The van der Waals surface area contributed by atoms with Gasteiger partial charge in [-0.15, -0.1) is 0 Å². The second-order valence-electron chi connectivity index (χ2n) is 5.01. The lowest BCUT2D eigenvalue weighted by atomic mass is 9.75. The van der Waals surface area contributed by atoms with Crippen LogP contribution in [0, 0.1) is 17.8 Å². The molecule has 0 bridgehead atoms. The molecule has 0 aliphatic heterocycles. The molecule has 0 radical (unpaired) electrons. The van der Waals surface area contributed by atoms with Gasteiger partial charge in [0.1, 0.15) is 6.10 Å². The Bertz CT molecular complexity index is 233. The Morgan fingerprint density at radius 3 is 2.67 bits per heavy atom. The highest BCUT2D eigenvalue weighted by atomic mass is 16.5. The normalized spacial score (nSPS) is 31.3. The van der Waals surface area contributed by atoms with Crippen molar-refractivity contribution in [2.75, 3.05) is 0 Å². The van der Waals surface area contributed by atoms with Crippen LogP contribution in [0.15, 0.2) is 12.7 Å². The average molecular weight is 210 g/mol. The Morgan fingerprint density at radius 1 is 1.47 bits per heavy atom. The van der Waals surface area contributed by atoms with Crippen molar-refractivity contribution in [2.45, 2.75) is 46.1 Å². The van der Waals surface area contributed by atoms with E-state index >= 15 is 0 Å². The number of esters is 1. The molecule has 0 aromatic heterocycles. The first-order valence-electron chi connectivity index (χ1n) is 5.87. The largest absolute Gasteiger partial charge is 0.459 e. The second kappa shape index (κ2) is 5.34. The Morgan fingerprint density at radius 2 is 2.13 bits per heavy atom. The maximum absolute atomic E-state index is 11.2. The van der Waals surface area contributed by atoms with Gasteiger partial charge in [0.25, 0.3) is 0 Å². The van der Waals surface area contributed by atoms with Gasteiger partial charge in [0.2, 0.25) is 0 Å². The lowest BCUT2D eigenvalue weighted by Gasteiger charge is -2.36. The number of rotatable bonds is 3. The third kappa shape index (κ3) is 3.37. The summed E-state index contributed by atoms with van der Waals surface area (Å²) in [7, 11) is 0. The number of ether oxygens (including phenoxy) is 1. The third-order valence-corrected chi connectivity index (χ3v) is 3.40. The molecule has 0 N–H and O–H groups in total. The van der Waals surface area contributed by atoms with Gasteiger partial charge in [-0.2, -0.15) is 0 Å². The molecule has 0 unspecified atom stereocenters. The first-order chi connectivity index (χ1) is 7.04. The van der Waals surface area contributed by atoms with Crippen molar-refractivity contribution in [1.29, 1.82) is 0 Å². The summed E-state index contributed by atoms with van der Waals surface area (Å²) in [5, 5.41) is 0. The summed E-state index contributed by atoms with van der Waals surface area (Å²) in [6, 6.07) is 0. The van der Waals surface area contributed by atoms with E-state index in [-0.39, 0.29) is 12.1 Å². The Balaban J connectivity index is 2.61. The number of hydrogen-bond acceptors (Lipinski definition) is 2. The summed E-state index contributed by atoms with van der Waals surface area (Å²) < 4.78 is 5.43. The van der Waals surface area contributed by atoms with Crippen LogP contribution in [0.25, 0.3) is 0 Å². The molecule has 3 atom stereocenters. The monoisotopic (exact) mass is 210 g/mol. The number of hydrogen-bond donors (Lipinski definition) is 0. The van der Waals surface area contributed by atoms with Gasteiger partial charge in [-0.1, -0.05) is 33.8 Å². The molecular formula is C13H22O2. The van der Waals surface area contributed by atoms with Gasteiger partial charge in [-0.05, 0) is 30.6 Å². The molecular weight excluding hydrogens is 188 g/mol. The zero-order chi connectivity index (χ0) is 11.4. The van der Waals surface area contributed by atoms with Crippen molar-refractivity contribution >= 4 is 5.97 Å². The Kier molecular flexibility index (Phi) is 4.37. The SMILES string of the molecule is C=CC(=O)O[C@@H]1C[C@H](C)CC[C@@H]1C(C)C. The first-order valence-corrected chi connectivity index (χ1v) is 5.87. The lowest BCUT2D eigenvalue weighted by Crippen LogP contribution is -2.35. The molecule has 1 aliphatic carbocycles. The molecule has 2 nitrogen and oxygen atoms in total. The van der Waals surface area contributed by atoms with E-state index in [1.807, 2.05) is 0 Å². The van der Waals surface area contributed by atoms with Crippen LogP contribution in [0.3, 0.4) is 0 Å². The van der Waals surface area contributed by atoms with E-state index < -0.39 is 0 Å². The van der Waals surface area contributed by atoms with Crippen molar-refractivity contribution < 1.29 is 9.53 Å². The van der Waals surface area contributed by atoms with Crippen LogP contribution in [0.2, 0.25) is 0 Å². The van der Waals surface area contributed by atoms with Crippen LogP contribution in [0.4, 0.5) is 0 Å². The van der Waals surface area contributed by atoms with Crippen LogP contribution < -0.4 is 0 Å². The highest BCUT2D eigenvalue weighted by Crippen LogP contribution is 2.35. The minimum atomic E-state index is -0.278. The van der Waals surface area contributed by atoms with E-state index in [1.54, 1.807) is 0 Å². The summed E-state index contributed by atoms with van der Waals surface area (Å²) in [5.41, 5.74) is 0. The zero-order valence-corrected chi connectivity index (χ0v) is 10.0. The molecule has 15 heavy (non-hydrogen) atoms. The molecule has 1 saturated carbocycles. The molecule has 2 heteroatoms. The maximum Gasteiger partial charge on any atom is 0.330 e. The standard InChI is InChI=1S/C13H22O2/c1-5-13(14)15-12-8-10(4)6-7-11(12)9(2)3/h5,9-12H,1,6-8H2,2-4H3/t10-,11-,12-/m1/s1. The van der Waals surface area contributed by atoms with Gasteiger partial charge in [0.05, 0.1) is 0 Å². The summed E-state index contributed by atoms with van der Waals surface area (Å²) in [6.45, 7) is 10.1. The smallest absolute Gasteiger partial charge is 0.330 e. The van der Waals surface area contributed by atoms with Crippen LogP contribution in [0.5, 0.6) is 0 Å². The quantitative estimate of drug-likeness (QED) is 0.528. The molecule has 0 amide bonds. The fourth-order valence-electron chi connectivity index (χ4n) is 2.45. The number of carbonyl (C=O) groups excluding carboxylic acids is 1. The Hall–Kier alpha value is -0.790. The predicted molar refractivity (Wildman–Crippen MR) is 61.4 cm³/mol. The van der Waals surface area contributed by atoms with Gasteiger partial charge in [-0.3, -0.25) is 0 Å². The van der Waals surface area contributed by atoms with Crippen LogP contribution in [-0.2, 0) is 9.53 Å².